The van der Waals surface area contributed by atoms with Crippen LogP contribution in [0.25, 0.3) is 0 Å². The topological polar surface area (TPSA) is 88.0 Å². The number of carbonyl (C=O) groups is 1. The number of pyridine rings is 1. The van der Waals surface area contributed by atoms with Crippen LogP contribution in [0.5, 0.6) is 0 Å². The number of nitrogens with zero attached hydrogens (tertiary/aromatic N) is 3. The van der Waals surface area contributed by atoms with Crippen molar-refractivity contribution in [2.75, 3.05) is 5.32 Å². The van der Waals surface area contributed by atoms with Crippen LogP contribution in [0.4, 0.5) is 5.82 Å². The molecule has 6 heteroatoms. The SMILES string of the molecule is O=C(O)c1cnc(NCc2cccnc2)cn1. The molecule has 0 saturated carbocycles. The molecule has 0 aliphatic heterocycles. The maximum atomic E-state index is 10.6. The summed E-state index contributed by atoms with van der Waals surface area (Å²) >= 11 is 0. The van der Waals surface area contributed by atoms with Crippen molar-refractivity contribution in [3.05, 3.63) is 48.2 Å². The fourth-order valence-electron chi connectivity index (χ4n) is 1.23. The van der Waals surface area contributed by atoms with E-state index in [4.69, 9.17) is 5.11 Å². The number of hydrogen-bond acceptors (Lipinski definition) is 5. The minimum absolute atomic E-state index is 0.0723. The van der Waals surface area contributed by atoms with Crippen molar-refractivity contribution in [2.24, 2.45) is 0 Å². The summed E-state index contributed by atoms with van der Waals surface area (Å²) in [5.41, 5.74) is 0.938. The molecule has 2 aromatic rings. The Morgan fingerprint density at radius 2 is 2.18 bits per heavy atom. The van der Waals surface area contributed by atoms with Gasteiger partial charge >= 0.3 is 5.97 Å². The molecule has 0 bridgehead atoms. The molecule has 0 saturated heterocycles. The largest absolute Gasteiger partial charge is 0.476 e. The number of nitrogens with one attached hydrogen (secondary N) is 1. The minimum Gasteiger partial charge on any atom is -0.476 e. The summed E-state index contributed by atoms with van der Waals surface area (Å²) in [5.74, 6) is -0.560. The van der Waals surface area contributed by atoms with Crippen molar-refractivity contribution in [2.45, 2.75) is 6.54 Å². The summed E-state index contributed by atoms with van der Waals surface area (Å²) in [6, 6.07) is 3.77. The normalized spacial score (nSPS) is 9.88. The van der Waals surface area contributed by atoms with Gasteiger partial charge in [-0.05, 0) is 11.6 Å². The summed E-state index contributed by atoms with van der Waals surface area (Å²) in [6.07, 6.45) is 6.05. The van der Waals surface area contributed by atoms with Gasteiger partial charge in [0.2, 0.25) is 0 Å². The molecule has 6 nitrogen and oxygen atoms in total. The van der Waals surface area contributed by atoms with Crippen molar-refractivity contribution < 1.29 is 9.90 Å². The molecule has 0 aliphatic rings. The summed E-state index contributed by atoms with van der Waals surface area (Å²) in [5, 5.41) is 11.7. The fraction of sp³-hybridized carbons (Fsp3) is 0.0909. The van der Waals surface area contributed by atoms with E-state index in [2.05, 4.69) is 20.3 Å². The van der Waals surface area contributed by atoms with E-state index in [9.17, 15) is 4.79 Å². The summed E-state index contributed by atoms with van der Waals surface area (Å²) in [7, 11) is 0. The molecule has 2 aromatic heterocycles. The maximum absolute atomic E-state index is 10.6. The second-order valence-corrected chi connectivity index (χ2v) is 3.31. The van der Waals surface area contributed by atoms with Gasteiger partial charge in [0.05, 0.1) is 12.4 Å². The Kier molecular flexibility index (Phi) is 3.25. The Bertz CT molecular complexity index is 499. The number of anilines is 1. The quantitative estimate of drug-likeness (QED) is 0.820. The lowest BCUT2D eigenvalue weighted by molar-refractivity contribution is 0.0690. The molecule has 0 aromatic carbocycles. The Labute approximate surface area is 97.4 Å². The van der Waals surface area contributed by atoms with Gasteiger partial charge in [-0.15, -0.1) is 0 Å². The monoisotopic (exact) mass is 230 g/mol. The van der Waals surface area contributed by atoms with Crippen molar-refractivity contribution >= 4 is 11.8 Å². The summed E-state index contributed by atoms with van der Waals surface area (Å²) in [6.45, 7) is 0.564. The zero-order valence-corrected chi connectivity index (χ0v) is 8.87. The summed E-state index contributed by atoms with van der Waals surface area (Å²) in [4.78, 5) is 22.2. The van der Waals surface area contributed by atoms with E-state index in [-0.39, 0.29) is 5.69 Å². The zero-order valence-electron chi connectivity index (χ0n) is 8.87. The molecular formula is C11H10N4O2. The van der Waals surface area contributed by atoms with Gasteiger partial charge in [-0.1, -0.05) is 6.07 Å². The second kappa shape index (κ2) is 5.02. The van der Waals surface area contributed by atoms with Crippen LogP contribution >= 0.6 is 0 Å². The summed E-state index contributed by atoms with van der Waals surface area (Å²) < 4.78 is 0. The molecule has 2 N–H and O–H groups in total. The molecule has 0 fully saturated rings. The molecule has 17 heavy (non-hydrogen) atoms. The van der Waals surface area contributed by atoms with Gasteiger partial charge in [0.25, 0.3) is 0 Å². The number of aromatic nitrogens is 3. The van der Waals surface area contributed by atoms with Crippen molar-refractivity contribution in [3.8, 4) is 0 Å². The molecule has 0 radical (unpaired) electrons. The third-order valence-electron chi connectivity index (χ3n) is 2.07. The lowest BCUT2D eigenvalue weighted by Gasteiger charge is -2.04. The molecule has 86 valence electrons. The Morgan fingerprint density at radius 3 is 2.76 bits per heavy atom. The average Bonchev–Trinajstić information content (AvgIpc) is 2.38. The lowest BCUT2D eigenvalue weighted by Crippen LogP contribution is -2.05. The molecule has 0 aliphatic carbocycles. The first-order chi connectivity index (χ1) is 8.25. The Balaban J connectivity index is 1.98. The Morgan fingerprint density at radius 1 is 1.29 bits per heavy atom. The predicted molar refractivity (Wildman–Crippen MR) is 60.6 cm³/mol. The van der Waals surface area contributed by atoms with E-state index in [0.29, 0.717) is 12.4 Å². The van der Waals surface area contributed by atoms with Crippen LogP contribution in [0.2, 0.25) is 0 Å². The average molecular weight is 230 g/mol. The highest BCUT2D eigenvalue weighted by Crippen LogP contribution is 2.04. The molecule has 2 heterocycles. The highest BCUT2D eigenvalue weighted by molar-refractivity contribution is 5.84. The van der Waals surface area contributed by atoms with E-state index in [1.54, 1.807) is 12.4 Å². The third-order valence-corrected chi connectivity index (χ3v) is 2.07. The Hall–Kier alpha value is -2.50. The standard InChI is InChI=1S/C11H10N4O2/c16-11(17)9-6-15-10(7-13-9)14-5-8-2-1-3-12-4-8/h1-4,6-7H,5H2,(H,14,15)(H,16,17). The molecule has 0 spiro atoms. The van der Waals surface area contributed by atoms with Gasteiger partial charge in [0.15, 0.2) is 5.69 Å². The smallest absolute Gasteiger partial charge is 0.356 e. The molecule has 0 unspecified atom stereocenters. The lowest BCUT2D eigenvalue weighted by atomic mass is 10.3. The van der Waals surface area contributed by atoms with Crippen LogP contribution in [0.3, 0.4) is 0 Å². The first-order valence-electron chi connectivity index (χ1n) is 4.94. The van der Waals surface area contributed by atoms with Crippen molar-refractivity contribution in [1.29, 1.82) is 0 Å². The highest BCUT2D eigenvalue weighted by atomic mass is 16.4. The molecular weight excluding hydrogens is 220 g/mol. The number of carboxylic acid groups (broad SMARTS) is 1. The third kappa shape index (κ3) is 2.97. The van der Waals surface area contributed by atoms with Gasteiger partial charge in [0, 0.05) is 18.9 Å². The van der Waals surface area contributed by atoms with E-state index < -0.39 is 5.97 Å². The van der Waals surface area contributed by atoms with Gasteiger partial charge in [0.1, 0.15) is 5.82 Å². The highest BCUT2D eigenvalue weighted by Gasteiger charge is 2.04. The van der Waals surface area contributed by atoms with Crippen LogP contribution in [0.1, 0.15) is 16.1 Å². The first kappa shape index (κ1) is 11.0. The maximum Gasteiger partial charge on any atom is 0.356 e. The van der Waals surface area contributed by atoms with Crippen molar-refractivity contribution in [3.63, 3.8) is 0 Å². The van der Waals surface area contributed by atoms with Crippen LogP contribution in [0.15, 0.2) is 36.9 Å². The van der Waals surface area contributed by atoms with Crippen LogP contribution in [0, 0.1) is 0 Å². The van der Waals surface area contributed by atoms with Gasteiger partial charge < -0.3 is 10.4 Å². The van der Waals surface area contributed by atoms with E-state index in [1.165, 1.54) is 12.4 Å². The van der Waals surface area contributed by atoms with Crippen molar-refractivity contribution in [1.82, 2.24) is 15.0 Å². The second-order valence-electron chi connectivity index (χ2n) is 3.31. The molecule has 0 atom stereocenters. The zero-order chi connectivity index (χ0) is 12.1. The van der Waals surface area contributed by atoms with E-state index >= 15 is 0 Å². The minimum atomic E-state index is -1.09. The predicted octanol–water partition coefficient (Wildman–Crippen LogP) is 1.18. The van der Waals surface area contributed by atoms with Gasteiger partial charge in [-0.25, -0.2) is 14.8 Å². The van der Waals surface area contributed by atoms with Gasteiger partial charge in [-0.2, -0.15) is 0 Å². The van der Waals surface area contributed by atoms with E-state index in [1.807, 2.05) is 12.1 Å². The number of carboxylic acids is 1. The molecule has 2 rings (SSSR count). The first-order valence-corrected chi connectivity index (χ1v) is 4.94. The van der Waals surface area contributed by atoms with Crippen LogP contribution < -0.4 is 5.32 Å². The number of rotatable bonds is 4. The van der Waals surface area contributed by atoms with Crippen LogP contribution in [-0.4, -0.2) is 26.0 Å². The van der Waals surface area contributed by atoms with E-state index in [0.717, 1.165) is 5.56 Å². The number of hydrogen-bond donors (Lipinski definition) is 2. The fourth-order valence-corrected chi connectivity index (χ4v) is 1.23. The number of aromatic carboxylic acids is 1. The van der Waals surface area contributed by atoms with Crippen LogP contribution in [-0.2, 0) is 6.54 Å². The van der Waals surface area contributed by atoms with Gasteiger partial charge in [-0.3, -0.25) is 4.98 Å². The molecule has 0 amide bonds.